The summed E-state index contributed by atoms with van der Waals surface area (Å²) >= 11 is 0. The molecule has 4 rings (SSSR count). The number of rotatable bonds is 3. The van der Waals surface area contributed by atoms with E-state index in [1.165, 1.54) is 4.57 Å². The lowest BCUT2D eigenvalue weighted by Gasteiger charge is -2.14. The molecule has 3 aromatic carbocycles. The van der Waals surface area contributed by atoms with Gasteiger partial charge in [-0.1, -0.05) is 12.1 Å². The highest BCUT2D eigenvalue weighted by Gasteiger charge is 2.13. The molecule has 2 N–H and O–H groups in total. The van der Waals surface area contributed by atoms with E-state index in [1.807, 2.05) is 6.07 Å². The van der Waals surface area contributed by atoms with Crippen LogP contribution in [0.2, 0.25) is 0 Å². The average Bonchev–Trinajstić information content (AvgIpc) is 2.72. The largest absolute Gasteiger partial charge is 0.323 e. The van der Waals surface area contributed by atoms with Crippen molar-refractivity contribution in [1.29, 1.82) is 0 Å². The van der Waals surface area contributed by atoms with Crippen LogP contribution in [0.3, 0.4) is 0 Å². The molecular weight excluding hydrogens is 402 g/mol. The molecule has 6 nitrogen and oxygen atoms in total. The minimum Gasteiger partial charge on any atom is -0.307 e. The number of halogens is 2. The number of amides is 2. The molecule has 1 aromatic heterocycles. The summed E-state index contributed by atoms with van der Waals surface area (Å²) in [5.41, 5.74) is 1.89. The molecule has 2 amide bonds. The molecule has 8 heteroatoms. The monoisotopic (exact) mass is 420 g/mol. The number of carbonyl (C=O) groups excluding carboxylic acids is 1. The van der Waals surface area contributed by atoms with Crippen LogP contribution in [0.4, 0.5) is 25.0 Å². The summed E-state index contributed by atoms with van der Waals surface area (Å²) in [6.07, 6.45) is 0. The Morgan fingerprint density at radius 3 is 2.45 bits per heavy atom. The van der Waals surface area contributed by atoms with E-state index in [0.29, 0.717) is 33.7 Å². The third-order valence-corrected chi connectivity index (χ3v) is 4.84. The van der Waals surface area contributed by atoms with Crippen molar-refractivity contribution in [3.63, 3.8) is 0 Å². The zero-order valence-electron chi connectivity index (χ0n) is 16.7. The standard InChI is InChI=1S/C23H18F2N4O2/c1-13-11-16(29-14(2)26-20-6-4-3-5-17(20)22(29)30)8-10-19(13)27-23(31)28-21-12-15(24)7-9-18(21)25/h3-12H,1-2H3,(H2,27,28,31). The molecule has 0 bridgehead atoms. The van der Waals surface area contributed by atoms with Crippen molar-refractivity contribution in [2.75, 3.05) is 10.6 Å². The number of aryl methyl sites for hydroxylation is 2. The number of anilines is 2. The summed E-state index contributed by atoms with van der Waals surface area (Å²) in [6, 6.07) is 14.2. The zero-order chi connectivity index (χ0) is 22.1. The number of carbonyl (C=O) groups is 1. The van der Waals surface area contributed by atoms with E-state index in [0.717, 1.165) is 18.2 Å². The number of fused-ring (bicyclic) bond motifs is 1. The summed E-state index contributed by atoms with van der Waals surface area (Å²) < 4.78 is 28.5. The summed E-state index contributed by atoms with van der Waals surface area (Å²) in [5.74, 6) is -0.882. The highest BCUT2D eigenvalue weighted by molar-refractivity contribution is 6.00. The van der Waals surface area contributed by atoms with Gasteiger partial charge in [-0.3, -0.25) is 9.36 Å². The van der Waals surface area contributed by atoms with Crippen molar-refractivity contribution in [3.8, 4) is 5.69 Å². The maximum atomic E-state index is 13.7. The van der Waals surface area contributed by atoms with Gasteiger partial charge in [-0.05, 0) is 61.9 Å². The molecule has 0 saturated carbocycles. The Labute approximate surface area is 176 Å². The lowest BCUT2D eigenvalue weighted by Crippen LogP contribution is -2.23. The molecule has 0 aliphatic carbocycles. The Bertz CT molecular complexity index is 1380. The highest BCUT2D eigenvalue weighted by atomic mass is 19.1. The predicted octanol–water partition coefficient (Wildman–Crippen LogP) is 4.92. The van der Waals surface area contributed by atoms with Gasteiger partial charge in [0.25, 0.3) is 5.56 Å². The second-order valence-electron chi connectivity index (χ2n) is 7.02. The van der Waals surface area contributed by atoms with E-state index in [4.69, 9.17) is 0 Å². The first-order valence-electron chi connectivity index (χ1n) is 9.46. The number of benzene rings is 3. The van der Waals surface area contributed by atoms with E-state index < -0.39 is 17.7 Å². The summed E-state index contributed by atoms with van der Waals surface area (Å²) in [7, 11) is 0. The predicted molar refractivity (Wildman–Crippen MR) is 116 cm³/mol. The Morgan fingerprint density at radius 2 is 1.68 bits per heavy atom. The van der Waals surface area contributed by atoms with Gasteiger partial charge in [0.05, 0.1) is 22.3 Å². The quantitative estimate of drug-likeness (QED) is 0.494. The van der Waals surface area contributed by atoms with E-state index in [9.17, 15) is 18.4 Å². The molecule has 0 fully saturated rings. The number of para-hydroxylation sites is 1. The second-order valence-corrected chi connectivity index (χ2v) is 7.02. The molecule has 0 unspecified atom stereocenters. The second kappa shape index (κ2) is 7.98. The van der Waals surface area contributed by atoms with Gasteiger partial charge in [0.1, 0.15) is 17.5 Å². The first kappa shape index (κ1) is 20.2. The van der Waals surface area contributed by atoms with Crippen molar-refractivity contribution in [1.82, 2.24) is 9.55 Å². The van der Waals surface area contributed by atoms with E-state index >= 15 is 0 Å². The molecule has 31 heavy (non-hydrogen) atoms. The van der Waals surface area contributed by atoms with Gasteiger partial charge >= 0.3 is 6.03 Å². The van der Waals surface area contributed by atoms with E-state index in [1.54, 1.807) is 50.2 Å². The first-order valence-corrected chi connectivity index (χ1v) is 9.46. The van der Waals surface area contributed by atoms with Crippen molar-refractivity contribution in [3.05, 3.63) is 94.0 Å². The van der Waals surface area contributed by atoms with Gasteiger partial charge in [-0.25, -0.2) is 18.6 Å². The van der Waals surface area contributed by atoms with Gasteiger partial charge in [-0.2, -0.15) is 0 Å². The Kier molecular flexibility index (Phi) is 5.21. The van der Waals surface area contributed by atoms with Crippen molar-refractivity contribution in [2.24, 2.45) is 0 Å². The molecule has 0 atom stereocenters. The Hall–Kier alpha value is -4.07. The van der Waals surface area contributed by atoms with Gasteiger partial charge in [-0.15, -0.1) is 0 Å². The fraction of sp³-hybridized carbons (Fsp3) is 0.0870. The molecule has 156 valence electrons. The van der Waals surface area contributed by atoms with Gasteiger partial charge in [0.15, 0.2) is 0 Å². The number of urea groups is 1. The van der Waals surface area contributed by atoms with Crippen LogP contribution < -0.4 is 16.2 Å². The van der Waals surface area contributed by atoms with Crippen LogP contribution in [0.25, 0.3) is 16.6 Å². The SMILES string of the molecule is Cc1cc(-n2c(C)nc3ccccc3c2=O)ccc1NC(=O)Nc1cc(F)ccc1F. The third kappa shape index (κ3) is 4.00. The van der Waals surface area contributed by atoms with Crippen molar-refractivity contribution in [2.45, 2.75) is 13.8 Å². The number of hydrogen-bond donors (Lipinski definition) is 2. The lowest BCUT2D eigenvalue weighted by atomic mass is 10.1. The van der Waals surface area contributed by atoms with E-state index in [-0.39, 0.29) is 11.2 Å². The highest BCUT2D eigenvalue weighted by Crippen LogP contribution is 2.21. The maximum absolute atomic E-state index is 13.7. The molecular formula is C23H18F2N4O2. The van der Waals surface area contributed by atoms with Crippen LogP contribution in [0.5, 0.6) is 0 Å². The van der Waals surface area contributed by atoms with Crippen molar-refractivity contribution >= 4 is 28.3 Å². The van der Waals surface area contributed by atoms with E-state index in [2.05, 4.69) is 15.6 Å². The molecule has 0 radical (unpaired) electrons. The fourth-order valence-electron chi connectivity index (χ4n) is 3.34. The topological polar surface area (TPSA) is 76.0 Å². The van der Waals surface area contributed by atoms with Crippen LogP contribution in [0.15, 0.2) is 65.5 Å². The molecule has 0 aliphatic heterocycles. The minimum atomic E-state index is -0.748. The molecule has 1 heterocycles. The van der Waals surface area contributed by atoms with Crippen molar-refractivity contribution < 1.29 is 13.6 Å². The Balaban J connectivity index is 1.62. The third-order valence-electron chi connectivity index (χ3n) is 4.84. The lowest BCUT2D eigenvalue weighted by molar-refractivity contribution is 0.262. The molecule has 0 spiro atoms. The summed E-state index contributed by atoms with van der Waals surface area (Å²) in [5, 5.41) is 5.39. The minimum absolute atomic E-state index is 0.192. The summed E-state index contributed by atoms with van der Waals surface area (Å²) in [4.78, 5) is 29.7. The first-order chi connectivity index (χ1) is 14.8. The number of nitrogens with one attached hydrogen (secondary N) is 2. The fourth-order valence-corrected chi connectivity index (χ4v) is 3.34. The average molecular weight is 420 g/mol. The van der Waals surface area contributed by atoms with Gasteiger partial charge in [0.2, 0.25) is 0 Å². The van der Waals surface area contributed by atoms with Crippen LogP contribution in [-0.2, 0) is 0 Å². The maximum Gasteiger partial charge on any atom is 0.323 e. The zero-order valence-corrected chi connectivity index (χ0v) is 16.7. The molecule has 4 aromatic rings. The van der Waals surface area contributed by atoms with Crippen LogP contribution in [0.1, 0.15) is 11.4 Å². The number of aromatic nitrogens is 2. The van der Waals surface area contributed by atoms with Crippen LogP contribution in [-0.4, -0.2) is 15.6 Å². The van der Waals surface area contributed by atoms with Gasteiger partial charge < -0.3 is 10.6 Å². The van der Waals surface area contributed by atoms with Crippen LogP contribution in [0, 0.1) is 25.5 Å². The molecule has 0 saturated heterocycles. The number of hydrogen-bond acceptors (Lipinski definition) is 3. The summed E-state index contributed by atoms with van der Waals surface area (Å²) in [6.45, 7) is 3.51. The van der Waals surface area contributed by atoms with Gasteiger partial charge in [0, 0.05) is 11.8 Å². The normalized spacial score (nSPS) is 10.8. The molecule has 0 aliphatic rings. The van der Waals surface area contributed by atoms with Crippen LogP contribution >= 0.6 is 0 Å². The smallest absolute Gasteiger partial charge is 0.307 e. The number of nitrogens with zero attached hydrogens (tertiary/aromatic N) is 2. The Morgan fingerprint density at radius 1 is 0.935 bits per heavy atom.